The smallest absolute Gasteiger partial charge is 0.273 e. The molecule has 0 saturated heterocycles. The summed E-state index contributed by atoms with van der Waals surface area (Å²) in [6.07, 6.45) is 0.334. The van der Waals surface area contributed by atoms with Crippen molar-refractivity contribution in [3.63, 3.8) is 0 Å². The molecule has 0 spiro atoms. The summed E-state index contributed by atoms with van der Waals surface area (Å²) < 4.78 is 0. The first kappa shape index (κ1) is 11.9. The van der Waals surface area contributed by atoms with Crippen molar-refractivity contribution in [2.24, 2.45) is 0 Å². The van der Waals surface area contributed by atoms with Crippen LogP contribution in [0.2, 0.25) is 0 Å². The Bertz CT molecular complexity index is 622. The third-order valence-electron chi connectivity index (χ3n) is 3.07. The maximum absolute atomic E-state index is 12.0. The van der Waals surface area contributed by atoms with Crippen molar-refractivity contribution in [2.45, 2.75) is 13.0 Å². The average molecular weight is 272 g/mol. The summed E-state index contributed by atoms with van der Waals surface area (Å²) in [5.41, 5.74) is 4.78. The molecule has 2 aromatic rings. The molecule has 0 unspecified atom stereocenters. The van der Waals surface area contributed by atoms with Crippen LogP contribution in [0.4, 0.5) is 0 Å². The quantitative estimate of drug-likeness (QED) is 0.908. The highest BCUT2D eigenvalue weighted by Gasteiger charge is 2.24. The van der Waals surface area contributed by atoms with Gasteiger partial charge in [-0.1, -0.05) is 30.3 Å². The Morgan fingerprint density at radius 3 is 2.68 bits per heavy atom. The molecule has 2 heterocycles. The molecule has 1 aliphatic heterocycles. The first-order chi connectivity index (χ1) is 9.24. The maximum atomic E-state index is 12.0. The van der Waals surface area contributed by atoms with Gasteiger partial charge < -0.3 is 0 Å². The van der Waals surface area contributed by atoms with Gasteiger partial charge in [0.05, 0.1) is 17.8 Å². The standard InChI is InChI=1S/C14H12N2O2S/c17-13-8-10-4-1-2-5-11(10)9-16(13)15-14(18)12-6-3-7-19-12/h1-7H,8-9H2,(H,15,18). The number of benzene rings is 1. The minimum absolute atomic E-state index is 0.0800. The Balaban J connectivity index is 1.76. The van der Waals surface area contributed by atoms with E-state index in [1.165, 1.54) is 16.3 Å². The van der Waals surface area contributed by atoms with Crippen LogP contribution in [0, 0.1) is 0 Å². The summed E-state index contributed by atoms with van der Waals surface area (Å²) >= 11 is 1.36. The summed E-state index contributed by atoms with van der Waals surface area (Å²) in [5.74, 6) is -0.314. The minimum atomic E-state index is -0.234. The number of amides is 2. The lowest BCUT2D eigenvalue weighted by Crippen LogP contribution is -2.48. The zero-order chi connectivity index (χ0) is 13.2. The third kappa shape index (κ3) is 2.37. The molecule has 96 valence electrons. The number of nitrogens with zero attached hydrogens (tertiary/aromatic N) is 1. The second kappa shape index (κ2) is 4.85. The predicted octanol–water partition coefficient (Wildman–Crippen LogP) is 1.98. The second-order valence-corrected chi connectivity index (χ2v) is 5.29. The predicted molar refractivity (Wildman–Crippen MR) is 72.5 cm³/mol. The minimum Gasteiger partial charge on any atom is -0.273 e. The number of hydrogen-bond donors (Lipinski definition) is 1. The molecule has 1 aromatic heterocycles. The van der Waals surface area contributed by atoms with E-state index in [0.29, 0.717) is 17.8 Å². The van der Waals surface area contributed by atoms with Crippen molar-refractivity contribution in [1.82, 2.24) is 10.4 Å². The van der Waals surface area contributed by atoms with E-state index < -0.39 is 0 Å². The molecule has 1 aliphatic rings. The lowest BCUT2D eigenvalue weighted by Gasteiger charge is -2.28. The van der Waals surface area contributed by atoms with Gasteiger partial charge in [0.1, 0.15) is 0 Å². The van der Waals surface area contributed by atoms with E-state index in [2.05, 4.69) is 5.43 Å². The van der Waals surface area contributed by atoms with Crippen molar-refractivity contribution >= 4 is 23.2 Å². The van der Waals surface area contributed by atoms with Crippen LogP contribution in [-0.2, 0) is 17.8 Å². The Kier molecular flexibility index (Phi) is 3.05. The molecular weight excluding hydrogens is 260 g/mol. The first-order valence-corrected chi connectivity index (χ1v) is 6.83. The number of carbonyl (C=O) groups excluding carboxylic acids is 2. The van der Waals surface area contributed by atoms with Gasteiger partial charge in [0.25, 0.3) is 5.91 Å². The molecule has 0 atom stereocenters. The third-order valence-corrected chi connectivity index (χ3v) is 3.94. The molecule has 1 N–H and O–H groups in total. The topological polar surface area (TPSA) is 49.4 Å². The average Bonchev–Trinajstić information content (AvgIpc) is 2.93. The Labute approximate surface area is 114 Å². The fourth-order valence-corrected chi connectivity index (χ4v) is 2.70. The van der Waals surface area contributed by atoms with Gasteiger partial charge in [0.15, 0.2) is 0 Å². The van der Waals surface area contributed by atoms with Crippen LogP contribution < -0.4 is 5.43 Å². The Morgan fingerprint density at radius 2 is 1.95 bits per heavy atom. The largest absolute Gasteiger partial charge is 0.279 e. The number of hydrogen-bond acceptors (Lipinski definition) is 3. The van der Waals surface area contributed by atoms with Crippen molar-refractivity contribution in [3.8, 4) is 0 Å². The van der Waals surface area contributed by atoms with E-state index in [4.69, 9.17) is 0 Å². The van der Waals surface area contributed by atoms with Crippen molar-refractivity contribution in [2.75, 3.05) is 0 Å². The van der Waals surface area contributed by atoms with E-state index in [0.717, 1.165) is 11.1 Å². The zero-order valence-electron chi connectivity index (χ0n) is 10.1. The van der Waals surface area contributed by atoms with E-state index in [1.54, 1.807) is 6.07 Å². The fraction of sp³-hybridized carbons (Fsp3) is 0.143. The van der Waals surface area contributed by atoms with Crippen LogP contribution in [0.25, 0.3) is 0 Å². The van der Waals surface area contributed by atoms with Crippen LogP contribution >= 0.6 is 11.3 Å². The number of hydrazine groups is 1. The molecule has 2 amide bonds. The normalized spacial score (nSPS) is 14.1. The number of carbonyl (C=O) groups is 2. The van der Waals surface area contributed by atoms with Crippen LogP contribution in [0.15, 0.2) is 41.8 Å². The molecule has 0 radical (unpaired) electrons. The maximum Gasteiger partial charge on any atom is 0.279 e. The molecule has 1 aromatic carbocycles. The highest BCUT2D eigenvalue weighted by atomic mass is 32.1. The van der Waals surface area contributed by atoms with Gasteiger partial charge in [0, 0.05) is 0 Å². The van der Waals surface area contributed by atoms with Gasteiger partial charge in [-0.05, 0) is 22.6 Å². The van der Waals surface area contributed by atoms with Crippen molar-refractivity contribution in [3.05, 3.63) is 57.8 Å². The number of fused-ring (bicyclic) bond motifs is 1. The molecule has 0 bridgehead atoms. The summed E-state index contributed by atoms with van der Waals surface area (Å²) in [5, 5.41) is 3.23. The zero-order valence-corrected chi connectivity index (χ0v) is 10.9. The van der Waals surface area contributed by atoms with E-state index in [-0.39, 0.29) is 11.8 Å². The van der Waals surface area contributed by atoms with E-state index in [1.807, 2.05) is 35.7 Å². The van der Waals surface area contributed by atoms with Gasteiger partial charge in [0.2, 0.25) is 5.91 Å². The molecule has 19 heavy (non-hydrogen) atoms. The van der Waals surface area contributed by atoms with Crippen molar-refractivity contribution < 1.29 is 9.59 Å². The number of thiophene rings is 1. The molecule has 3 rings (SSSR count). The van der Waals surface area contributed by atoms with Crippen LogP contribution in [0.3, 0.4) is 0 Å². The van der Waals surface area contributed by atoms with Crippen LogP contribution in [0.1, 0.15) is 20.8 Å². The summed E-state index contributed by atoms with van der Waals surface area (Å²) in [6.45, 7) is 0.423. The number of nitrogens with one attached hydrogen (secondary N) is 1. The summed E-state index contributed by atoms with van der Waals surface area (Å²) in [4.78, 5) is 24.5. The molecule has 0 saturated carbocycles. The molecular formula is C14H12N2O2S. The molecule has 0 fully saturated rings. The summed E-state index contributed by atoms with van der Waals surface area (Å²) in [7, 11) is 0. The van der Waals surface area contributed by atoms with E-state index in [9.17, 15) is 9.59 Å². The molecule has 5 heteroatoms. The van der Waals surface area contributed by atoms with Gasteiger partial charge in [-0.2, -0.15) is 0 Å². The van der Waals surface area contributed by atoms with E-state index >= 15 is 0 Å². The lowest BCUT2D eigenvalue weighted by molar-refractivity contribution is -0.134. The Hall–Kier alpha value is -2.14. The Morgan fingerprint density at radius 1 is 1.16 bits per heavy atom. The second-order valence-electron chi connectivity index (χ2n) is 4.34. The van der Waals surface area contributed by atoms with Gasteiger partial charge >= 0.3 is 0 Å². The molecule has 0 aliphatic carbocycles. The summed E-state index contributed by atoms with van der Waals surface area (Å²) in [6, 6.07) is 11.3. The van der Waals surface area contributed by atoms with Gasteiger partial charge in [-0.3, -0.25) is 15.0 Å². The van der Waals surface area contributed by atoms with Crippen LogP contribution in [0.5, 0.6) is 0 Å². The molecule has 4 nitrogen and oxygen atoms in total. The highest BCUT2D eigenvalue weighted by molar-refractivity contribution is 7.12. The van der Waals surface area contributed by atoms with Gasteiger partial charge in [-0.25, -0.2) is 5.01 Å². The number of rotatable bonds is 2. The monoisotopic (exact) mass is 272 g/mol. The van der Waals surface area contributed by atoms with Crippen molar-refractivity contribution in [1.29, 1.82) is 0 Å². The van der Waals surface area contributed by atoms with Crippen LogP contribution in [-0.4, -0.2) is 16.8 Å². The van der Waals surface area contributed by atoms with Gasteiger partial charge in [-0.15, -0.1) is 11.3 Å². The first-order valence-electron chi connectivity index (χ1n) is 5.95. The lowest BCUT2D eigenvalue weighted by atomic mass is 10.0. The fourth-order valence-electron chi connectivity index (χ4n) is 2.09. The SMILES string of the molecule is O=C(NN1Cc2ccccc2CC1=O)c1cccs1. The highest BCUT2D eigenvalue weighted by Crippen LogP contribution is 2.18.